The van der Waals surface area contributed by atoms with Gasteiger partial charge in [0.15, 0.2) is 0 Å². The lowest BCUT2D eigenvalue weighted by atomic mass is 10.0. The summed E-state index contributed by atoms with van der Waals surface area (Å²) in [6.45, 7) is 4.90. The molecule has 0 aromatic heterocycles. The largest absolute Gasteiger partial charge is 0.497 e. The Bertz CT molecular complexity index is 500. The van der Waals surface area contributed by atoms with Crippen molar-refractivity contribution in [2.45, 2.75) is 26.3 Å². The van der Waals surface area contributed by atoms with Crippen LogP contribution in [0.5, 0.6) is 5.75 Å². The molecule has 1 aromatic carbocycles. The summed E-state index contributed by atoms with van der Waals surface area (Å²) in [5, 5.41) is 5.61. The van der Waals surface area contributed by atoms with Crippen LogP contribution in [0.4, 0.5) is 0 Å². The molecule has 2 amide bonds. The number of amides is 2. The zero-order valence-corrected chi connectivity index (χ0v) is 14.2. The predicted molar refractivity (Wildman–Crippen MR) is 88.6 cm³/mol. The van der Waals surface area contributed by atoms with Crippen LogP contribution in [0.3, 0.4) is 0 Å². The van der Waals surface area contributed by atoms with Gasteiger partial charge in [-0.15, -0.1) is 0 Å². The van der Waals surface area contributed by atoms with Crippen molar-refractivity contribution < 1.29 is 19.1 Å². The van der Waals surface area contributed by atoms with E-state index in [1.54, 1.807) is 38.5 Å². The molecule has 1 rings (SSSR count). The molecule has 0 aliphatic heterocycles. The van der Waals surface area contributed by atoms with E-state index in [2.05, 4.69) is 10.6 Å². The molecule has 0 fully saturated rings. The minimum Gasteiger partial charge on any atom is -0.497 e. The SMILES string of the molecule is COCCCNC(=O)C(NC(=O)c1ccc(OC)cc1)C(C)C. The summed E-state index contributed by atoms with van der Waals surface area (Å²) in [7, 11) is 3.19. The van der Waals surface area contributed by atoms with E-state index in [0.29, 0.717) is 24.5 Å². The molecule has 1 aromatic rings. The third-order valence-corrected chi connectivity index (χ3v) is 3.41. The van der Waals surface area contributed by atoms with E-state index in [-0.39, 0.29) is 17.7 Å². The molecule has 0 radical (unpaired) electrons. The van der Waals surface area contributed by atoms with Gasteiger partial charge in [0.2, 0.25) is 5.91 Å². The second-order valence-corrected chi connectivity index (χ2v) is 5.56. The molecule has 0 aliphatic carbocycles. The first kappa shape index (κ1) is 19.0. The minimum absolute atomic E-state index is 0.0142. The van der Waals surface area contributed by atoms with Crippen LogP contribution in [0, 0.1) is 5.92 Å². The quantitative estimate of drug-likeness (QED) is 0.677. The molecule has 6 heteroatoms. The second-order valence-electron chi connectivity index (χ2n) is 5.56. The highest BCUT2D eigenvalue weighted by Gasteiger charge is 2.24. The first-order chi connectivity index (χ1) is 11.0. The number of nitrogens with one attached hydrogen (secondary N) is 2. The van der Waals surface area contributed by atoms with Crippen LogP contribution in [0.15, 0.2) is 24.3 Å². The molecule has 0 saturated heterocycles. The Labute approximate surface area is 137 Å². The molecule has 0 heterocycles. The molecule has 0 spiro atoms. The summed E-state index contributed by atoms with van der Waals surface area (Å²) < 4.78 is 10.0. The molecule has 23 heavy (non-hydrogen) atoms. The molecular weight excluding hydrogens is 296 g/mol. The van der Waals surface area contributed by atoms with Crippen LogP contribution in [-0.4, -0.2) is 45.2 Å². The summed E-state index contributed by atoms with van der Waals surface area (Å²) in [6.07, 6.45) is 0.736. The molecule has 6 nitrogen and oxygen atoms in total. The summed E-state index contributed by atoms with van der Waals surface area (Å²) in [5.41, 5.74) is 0.489. The first-order valence-electron chi connectivity index (χ1n) is 7.71. The van der Waals surface area contributed by atoms with E-state index in [0.717, 1.165) is 6.42 Å². The normalized spacial score (nSPS) is 11.9. The van der Waals surface area contributed by atoms with Crippen molar-refractivity contribution in [2.24, 2.45) is 5.92 Å². The molecular formula is C17H26N2O4. The van der Waals surface area contributed by atoms with E-state index in [1.165, 1.54) is 0 Å². The Balaban J connectivity index is 2.63. The lowest BCUT2D eigenvalue weighted by Gasteiger charge is -2.21. The molecule has 0 bridgehead atoms. The highest BCUT2D eigenvalue weighted by Crippen LogP contribution is 2.12. The highest BCUT2D eigenvalue weighted by atomic mass is 16.5. The number of hydrogen-bond acceptors (Lipinski definition) is 4. The van der Waals surface area contributed by atoms with Crippen LogP contribution in [0.1, 0.15) is 30.6 Å². The van der Waals surface area contributed by atoms with Crippen LogP contribution in [-0.2, 0) is 9.53 Å². The second kappa shape index (κ2) is 9.84. The Morgan fingerprint density at radius 1 is 1.13 bits per heavy atom. The molecule has 2 N–H and O–H groups in total. The van der Waals surface area contributed by atoms with E-state index in [9.17, 15) is 9.59 Å². The van der Waals surface area contributed by atoms with Gasteiger partial charge < -0.3 is 20.1 Å². The summed E-state index contributed by atoms with van der Waals surface area (Å²) in [5.74, 6) is 0.203. The van der Waals surface area contributed by atoms with Gasteiger partial charge in [-0.2, -0.15) is 0 Å². The maximum atomic E-state index is 12.3. The number of carbonyl (C=O) groups is 2. The highest BCUT2D eigenvalue weighted by molar-refractivity contribution is 5.97. The summed E-state index contributed by atoms with van der Waals surface area (Å²) >= 11 is 0. The maximum Gasteiger partial charge on any atom is 0.251 e. The number of benzene rings is 1. The van der Waals surface area contributed by atoms with Gasteiger partial charge in [0, 0.05) is 25.8 Å². The minimum atomic E-state index is -0.577. The Kier molecular flexibility index (Phi) is 8.11. The van der Waals surface area contributed by atoms with Crippen LogP contribution in [0.2, 0.25) is 0 Å². The molecule has 1 unspecified atom stereocenters. The lowest BCUT2D eigenvalue weighted by molar-refractivity contribution is -0.123. The van der Waals surface area contributed by atoms with Crippen molar-refractivity contribution in [3.63, 3.8) is 0 Å². The van der Waals surface area contributed by atoms with Crippen LogP contribution < -0.4 is 15.4 Å². The molecule has 0 aliphatic rings. The fraction of sp³-hybridized carbons (Fsp3) is 0.529. The van der Waals surface area contributed by atoms with Crippen molar-refractivity contribution in [3.05, 3.63) is 29.8 Å². The monoisotopic (exact) mass is 322 g/mol. The average molecular weight is 322 g/mol. The number of ether oxygens (including phenoxy) is 2. The van der Waals surface area contributed by atoms with Crippen molar-refractivity contribution in [2.75, 3.05) is 27.4 Å². The third kappa shape index (κ3) is 6.28. The fourth-order valence-corrected chi connectivity index (χ4v) is 2.04. The van der Waals surface area contributed by atoms with E-state index < -0.39 is 6.04 Å². The van der Waals surface area contributed by atoms with Gasteiger partial charge in [0.25, 0.3) is 5.91 Å². The van der Waals surface area contributed by atoms with E-state index in [4.69, 9.17) is 9.47 Å². The van der Waals surface area contributed by atoms with Crippen LogP contribution >= 0.6 is 0 Å². The van der Waals surface area contributed by atoms with E-state index in [1.807, 2.05) is 13.8 Å². The molecule has 1 atom stereocenters. The van der Waals surface area contributed by atoms with Crippen molar-refractivity contribution in [3.8, 4) is 5.75 Å². The van der Waals surface area contributed by atoms with Gasteiger partial charge in [-0.25, -0.2) is 0 Å². The van der Waals surface area contributed by atoms with Gasteiger partial charge in [-0.05, 0) is 36.6 Å². The van der Waals surface area contributed by atoms with Gasteiger partial charge in [0.1, 0.15) is 11.8 Å². The van der Waals surface area contributed by atoms with Gasteiger partial charge >= 0.3 is 0 Å². The number of carbonyl (C=O) groups excluding carboxylic acids is 2. The van der Waals surface area contributed by atoms with Gasteiger partial charge in [-0.3, -0.25) is 9.59 Å². The molecule has 128 valence electrons. The maximum absolute atomic E-state index is 12.3. The van der Waals surface area contributed by atoms with Gasteiger partial charge in [0.05, 0.1) is 7.11 Å². The number of methoxy groups -OCH3 is 2. The van der Waals surface area contributed by atoms with Crippen molar-refractivity contribution in [1.29, 1.82) is 0 Å². The third-order valence-electron chi connectivity index (χ3n) is 3.41. The van der Waals surface area contributed by atoms with Crippen molar-refractivity contribution >= 4 is 11.8 Å². The summed E-state index contributed by atoms with van der Waals surface area (Å²) in [6, 6.07) is 6.19. The standard InChI is InChI=1S/C17H26N2O4/c1-12(2)15(17(21)18-10-5-11-22-3)19-16(20)13-6-8-14(23-4)9-7-13/h6-9,12,15H,5,10-11H2,1-4H3,(H,18,21)(H,19,20). The Morgan fingerprint density at radius 3 is 2.30 bits per heavy atom. The predicted octanol–water partition coefficient (Wildman–Crippen LogP) is 1.60. The Hall–Kier alpha value is -2.08. The average Bonchev–Trinajstić information content (AvgIpc) is 2.56. The van der Waals surface area contributed by atoms with Gasteiger partial charge in [-0.1, -0.05) is 13.8 Å². The Morgan fingerprint density at radius 2 is 1.78 bits per heavy atom. The van der Waals surface area contributed by atoms with Crippen LogP contribution in [0.25, 0.3) is 0 Å². The van der Waals surface area contributed by atoms with E-state index >= 15 is 0 Å². The summed E-state index contributed by atoms with van der Waals surface area (Å²) in [4.78, 5) is 24.5. The molecule has 0 saturated carbocycles. The number of hydrogen-bond donors (Lipinski definition) is 2. The fourth-order valence-electron chi connectivity index (χ4n) is 2.04. The van der Waals surface area contributed by atoms with Crippen molar-refractivity contribution in [1.82, 2.24) is 10.6 Å². The topological polar surface area (TPSA) is 76.7 Å². The number of rotatable bonds is 9. The lowest BCUT2D eigenvalue weighted by Crippen LogP contribution is -2.49. The smallest absolute Gasteiger partial charge is 0.251 e. The first-order valence-corrected chi connectivity index (χ1v) is 7.71. The zero-order valence-electron chi connectivity index (χ0n) is 14.2. The zero-order chi connectivity index (χ0) is 17.2.